The van der Waals surface area contributed by atoms with Crippen LogP contribution in [0.15, 0.2) is 30.9 Å². The summed E-state index contributed by atoms with van der Waals surface area (Å²) in [4.78, 5) is 26.8. The van der Waals surface area contributed by atoms with E-state index in [2.05, 4.69) is 44.4 Å². The van der Waals surface area contributed by atoms with E-state index < -0.39 is 18.2 Å². The first kappa shape index (κ1) is 26.8. The minimum absolute atomic E-state index is 0.121. The van der Waals surface area contributed by atoms with Crippen LogP contribution in [0.2, 0.25) is 0 Å². The predicted octanol–water partition coefficient (Wildman–Crippen LogP) is 3.62. The van der Waals surface area contributed by atoms with E-state index >= 15 is 0 Å². The average Bonchev–Trinajstić information content (AvgIpc) is 3.20. The van der Waals surface area contributed by atoms with Crippen molar-refractivity contribution in [2.45, 2.75) is 65.0 Å². The fraction of sp³-hybridized carbons (Fsp3) is 0.476. The summed E-state index contributed by atoms with van der Waals surface area (Å²) in [7, 11) is 0. The van der Waals surface area contributed by atoms with E-state index in [-0.39, 0.29) is 12.1 Å². The van der Waals surface area contributed by atoms with Crippen molar-refractivity contribution in [3.8, 4) is 0 Å². The first-order chi connectivity index (χ1) is 15.9. The van der Waals surface area contributed by atoms with Crippen molar-refractivity contribution in [1.82, 2.24) is 24.5 Å². The molecule has 0 fully saturated rings. The van der Waals surface area contributed by atoms with Crippen molar-refractivity contribution in [1.29, 1.82) is 0 Å². The van der Waals surface area contributed by atoms with E-state index in [0.29, 0.717) is 18.3 Å². The minimum Gasteiger partial charge on any atom is -0.475 e. The molecular formula is C21H28F3N7O3. The van der Waals surface area contributed by atoms with Crippen molar-refractivity contribution in [2.24, 2.45) is 0 Å². The van der Waals surface area contributed by atoms with Crippen molar-refractivity contribution < 1.29 is 28.2 Å². The Bertz CT molecular complexity index is 1070. The Morgan fingerprint density at radius 1 is 1.24 bits per heavy atom. The van der Waals surface area contributed by atoms with Gasteiger partial charge in [-0.15, -0.1) is 0 Å². The van der Waals surface area contributed by atoms with E-state index in [4.69, 9.17) is 9.90 Å². The zero-order valence-electron chi connectivity index (χ0n) is 19.2. The van der Waals surface area contributed by atoms with Gasteiger partial charge in [-0.05, 0) is 38.8 Å². The van der Waals surface area contributed by atoms with Crippen LogP contribution in [0.1, 0.15) is 45.7 Å². The Kier molecular flexibility index (Phi) is 9.12. The lowest BCUT2D eigenvalue weighted by Crippen LogP contribution is -2.31. The van der Waals surface area contributed by atoms with Gasteiger partial charge in [0.25, 0.3) is 0 Å². The van der Waals surface area contributed by atoms with Gasteiger partial charge in [0.2, 0.25) is 5.95 Å². The number of aliphatic carboxylic acids is 1. The van der Waals surface area contributed by atoms with Gasteiger partial charge in [0, 0.05) is 25.0 Å². The summed E-state index contributed by atoms with van der Waals surface area (Å²) in [5, 5.41) is 23.7. The number of aromatic nitrogens is 5. The van der Waals surface area contributed by atoms with Crippen LogP contribution >= 0.6 is 0 Å². The van der Waals surface area contributed by atoms with Crippen LogP contribution in [-0.2, 0) is 11.3 Å². The molecule has 0 radical (unpaired) electrons. The summed E-state index contributed by atoms with van der Waals surface area (Å²) in [5.74, 6) is -1.62. The molecule has 0 amide bonds. The summed E-state index contributed by atoms with van der Waals surface area (Å²) in [5.41, 5.74) is 2.54. The van der Waals surface area contributed by atoms with Crippen LogP contribution in [0.4, 0.5) is 24.9 Å². The fourth-order valence-electron chi connectivity index (χ4n) is 2.90. The van der Waals surface area contributed by atoms with E-state index in [9.17, 15) is 18.3 Å². The summed E-state index contributed by atoms with van der Waals surface area (Å²) < 4.78 is 33.8. The number of nitrogens with one attached hydrogen (secondary N) is 2. The van der Waals surface area contributed by atoms with Gasteiger partial charge in [0.05, 0.1) is 18.5 Å². The third-order valence-corrected chi connectivity index (χ3v) is 4.74. The van der Waals surface area contributed by atoms with E-state index in [1.54, 1.807) is 19.4 Å². The van der Waals surface area contributed by atoms with Gasteiger partial charge in [0.1, 0.15) is 0 Å². The number of carboxylic acid groups (broad SMARTS) is 1. The van der Waals surface area contributed by atoms with Crippen LogP contribution in [0.3, 0.4) is 0 Å². The number of hydrogen-bond donors (Lipinski definition) is 4. The highest BCUT2D eigenvalue weighted by molar-refractivity contribution is 5.84. The zero-order valence-corrected chi connectivity index (χ0v) is 19.2. The molecule has 3 heterocycles. The molecule has 0 aliphatic rings. The minimum atomic E-state index is -5.08. The number of imidazole rings is 1. The van der Waals surface area contributed by atoms with Crippen LogP contribution in [0, 0.1) is 0 Å². The molecule has 0 saturated heterocycles. The van der Waals surface area contributed by atoms with Gasteiger partial charge in [-0.2, -0.15) is 23.1 Å². The second-order valence-corrected chi connectivity index (χ2v) is 7.73. The number of fused-ring (bicyclic) bond motifs is 1. The molecule has 3 aromatic heterocycles. The third kappa shape index (κ3) is 7.27. The molecule has 2 atom stereocenters. The Labute approximate surface area is 194 Å². The quantitative estimate of drug-likeness (QED) is 0.378. The van der Waals surface area contributed by atoms with Crippen LogP contribution in [0.25, 0.3) is 11.2 Å². The number of carbonyl (C=O) groups is 1. The first-order valence-corrected chi connectivity index (χ1v) is 10.6. The predicted molar refractivity (Wildman–Crippen MR) is 120 cm³/mol. The summed E-state index contributed by atoms with van der Waals surface area (Å²) in [6, 6.07) is 4.01. The molecule has 0 saturated carbocycles. The number of halogens is 3. The van der Waals surface area contributed by atoms with Crippen LogP contribution < -0.4 is 10.6 Å². The Morgan fingerprint density at radius 3 is 2.41 bits per heavy atom. The van der Waals surface area contributed by atoms with E-state index in [0.717, 1.165) is 23.1 Å². The normalized spacial score (nSPS) is 13.2. The topological polar surface area (TPSA) is 138 Å². The number of nitrogens with zero attached hydrogens (tertiary/aromatic N) is 5. The smallest absolute Gasteiger partial charge is 0.475 e. The molecule has 4 N–H and O–H groups in total. The Hall–Kier alpha value is -3.48. The Balaban J connectivity index is 0.000000509. The number of rotatable bonds is 8. The van der Waals surface area contributed by atoms with Crippen molar-refractivity contribution in [3.05, 3.63) is 36.4 Å². The first-order valence-electron chi connectivity index (χ1n) is 10.6. The van der Waals surface area contributed by atoms with Crippen molar-refractivity contribution >= 4 is 28.9 Å². The lowest BCUT2D eigenvalue weighted by molar-refractivity contribution is -0.192. The molecule has 0 unspecified atom stereocenters. The molecule has 186 valence electrons. The molecule has 3 rings (SSSR count). The summed E-state index contributed by atoms with van der Waals surface area (Å²) >= 11 is 0. The maximum absolute atomic E-state index is 10.6. The SMILES string of the molecule is CC[C@H](Nc1nc(NCc2cccnc2)c2ncn(C(C)C)c2n1)[C@@H](C)O.O=C(O)C(F)(F)F. The number of anilines is 2. The number of pyridine rings is 1. The lowest BCUT2D eigenvalue weighted by atomic mass is 10.1. The second kappa shape index (κ2) is 11.6. The molecule has 10 nitrogen and oxygen atoms in total. The number of aliphatic hydroxyl groups excluding tert-OH is 1. The number of alkyl halides is 3. The van der Waals surface area contributed by atoms with E-state index in [1.807, 2.05) is 29.8 Å². The summed E-state index contributed by atoms with van der Waals surface area (Å²) in [6.07, 6.45) is 0.532. The van der Waals surface area contributed by atoms with Crippen molar-refractivity contribution in [3.63, 3.8) is 0 Å². The zero-order chi connectivity index (χ0) is 25.5. The summed E-state index contributed by atoms with van der Waals surface area (Å²) in [6.45, 7) is 8.54. The lowest BCUT2D eigenvalue weighted by Gasteiger charge is -2.20. The van der Waals surface area contributed by atoms with Crippen LogP contribution in [0.5, 0.6) is 0 Å². The number of aliphatic hydroxyl groups is 1. The molecule has 0 aliphatic carbocycles. The third-order valence-electron chi connectivity index (χ3n) is 4.74. The molecule has 0 bridgehead atoms. The monoisotopic (exact) mass is 483 g/mol. The standard InChI is InChI=1S/C19H27N7O.C2HF3O2/c1-5-15(13(4)27)23-19-24-17(21-10-14-7-6-8-20-9-14)16-18(25-19)26(11-22-16)12(2)3;3-2(4,5)1(6)7/h6-9,11-13,15,27H,5,10H2,1-4H3,(H2,21,23,24,25);(H,6,7)/t13-,15+;/m1./s1. The highest BCUT2D eigenvalue weighted by Gasteiger charge is 2.38. The molecule has 13 heteroatoms. The van der Waals surface area contributed by atoms with Crippen molar-refractivity contribution in [2.75, 3.05) is 10.6 Å². The number of carboxylic acids is 1. The molecule has 3 aromatic rings. The Morgan fingerprint density at radius 2 is 1.91 bits per heavy atom. The molecular weight excluding hydrogens is 455 g/mol. The van der Waals surface area contributed by atoms with Crippen LogP contribution in [-0.4, -0.2) is 59.0 Å². The molecule has 0 aromatic carbocycles. The van der Waals surface area contributed by atoms with Gasteiger partial charge >= 0.3 is 12.1 Å². The van der Waals surface area contributed by atoms with Gasteiger partial charge in [-0.1, -0.05) is 13.0 Å². The van der Waals surface area contributed by atoms with Gasteiger partial charge in [-0.3, -0.25) is 4.98 Å². The maximum Gasteiger partial charge on any atom is 0.490 e. The highest BCUT2D eigenvalue weighted by atomic mass is 19.4. The maximum atomic E-state index is 10.6. The van der Waals surface area contributed by atoms with Gasteiger partial charge in [-0.25, -0.2) is 9.78 Å². The van der Waals surface area contributed by atoms with Gasteiger partial charge < -0.3 is 25.4 Å². The highest BCUT2D eigenvalue weighted by Crippen LogP contribution is 2.24. The fourth-order valence-corrected chi connectivity index (χ4v) is 2.90. The largest absolute Gasteiger partial charge is 0.490 e. The van der Waals surface area contributed by atoms with E-state index in [1.165, 1.54) is 0 Å². The van der Waals surface area contributed by atoms with Gasteiger partial charge in [0.15, 0.2) is 17.0 Å². The molecule has 0 spiro atoms. The molecule has 0 aliphatic heterocycles. The second-order valence-electron chi connectivity index (χ2n) is 7.73. The average molecular weight is 483 g/mol. The molecule has 34 heavy (non-hydrogen) atoms. The number of hydrogen-bond acceptors (Lipinski definition) is 8.